The topological polar surface area (TPSA) is 38.9 Å². The van der Waals surface area contributed by atoms with Gasteiger partial charge in [-0.3, -0.25) is 0 Å². The van der Waals surface area contributed by atoms with E-state index in [1.54, 1.807) is 11.3 Å². The predicted molar refractivity (Wildman–Crippen MR) is 67.0 cm³/mol. The zero-order chi connectivity index (χ0) is 11.0. The summed E-state index contributed by atoms with van der Waals surface area (Å²) in [6.07, 6.45) is 1.15. The van der Waals surface area contributed by atoms with E-state index < -0.39 is 0 Å². The predicted octanol–water partition coefficient (Wildman–Crippen LogP) is 3.33. The largest absolute Gasteiger partial charge is 0.419 e. The summed E-state index contributed by atoms with van der Waals surface area (Å²) < 4.78 is 5.45. The van der Waals surface area contributed by atoms with Gasteiger partial charge in [0.1, 0.15) is 5.88 Å². The molecule has 0 fully saturated rings. The molecule has 0 spiro atoms. The van der Waals surface area contributed by atoms with E-state index in [0.717, 1.165) is 17.1 Å². The van der Waals surface area contributed by atoms with Gasteiger partial charge in [-0.1, -0.05) is 0 Å². The van der Waals surface area contributed by atoms with Crippen molar-refractivity contribution in [2.24, 2.45) is 0 Å². The maximum Gasteiger partial charge on any atom is 0.257 e. The number of thioether (sulfide) groups is 1. The van der Waals surface area contributed by atoms with E-state index in [4.69, 9.17) is 16.0 Å². The Morgan fingerprint density at radius 1 is 1.44 bits per heavy atom. The van der Waals surface area contributed by atoms with Crippen LogP contribution in [-0.4, -0.2) is 16.0 Å². The molecule has 0 saturated heterocycles. The first-order chi connectivity index (χ1) is 7.86. The van der Waals surface area contributed by atoms with Gasteiger partial charge in [-0.15, -0.1) is 33.1 Å². The van der Waals surface area contributed by atoms with Crippen molar-refractivity contribution in [1.29, 1.82) is 0 Å². The minimum Gasteiger partial charge on any atom is -0.419 e. The summed E-state index contributed by atoms with van der Waals surface area (Å²) in [5.74, 6) is 3.66. The highest BCUT2D eigenvalue weighted by Crippen LogP contribution is 2.36. The highest BCUT2D eigenvalue weighted by Gasteiger charge is 2.17. The standard InChI is InChI=1S/C10H9ClN2OS2/c11-4-9-12-13-10(14-9)8-3-6-5-15-2-1-7(6)16-8/h3H,1-2,4-5H2. The molecular formula is C10H9ClN2OS2. The summed E-state index contributed by atoms with van der Waals surface area (Å²) in [6.45, 7) is 0. The number of aryl methyl sites for hydroxylation is 1. The SMILES string of the molecule is ClCc1nnc(-c2cc3c(s2)CCSC3)o1. The van der Waals surface area contributed by atoms with Crippen LogP contribution in [0.1, 0.15) is 16.3 Å². The van der Waals surface area contributed by atoms with E-state index in [2.05, 4.69) is 16.3 Å². The second kappa shape index (κ2) is 4.39. The molecule has 16 heavy (non-hydrogen) atoms. The molecule has 0 radical (unpaired) electrons. The van der Waals surface area contributed by atoms with Gasteiger partial charge in [-0.25, -0.2) is 0 Å². The Morgan fingerprint density at radius 2 is 2.38 bits per heavy atom. The molecule has 0 bridgehead atoms. The molecule has 3 nitrogen and oxygen atoms in total. The number of hydrogen-bond donors (Lipinski definition) is 0. The van der Waals surface area contributed by atoms with Gasteiger partial charge >= 0.3 is 0 Å². The monoisotopic (exact) mass is 272 g/mol. The molecule has 0 aliphatic carbocycles. The van der Waals surface area contributed by atoms with Gasteiger partial charge in [0.25, 0.3) is 5.89 Å². The maximum atomic E-state index is 5.63. The zero-order valence-electron chi connectivity index (χ0n) is 8.40. The Balaban J connectivity index is 1.96. The smallest absolute Gasteiger partial charge is 0.257 e. The lowest BCUT2D eigenvalue weighted by atomic mass is 10.2. The summed E-state index contributed by atoms with van der Waals surface area (Å²) in [7, 11) is 0. The second-order valence-electron chi connectivity index (χ2n) is 3.50. The van der Waals surface area contributed by atoms with Crippen molar-refractivity contribution in [3.05, 3.63) is 22.4 Å². The molecule has 84 valence electrons. The first-order valence-electron chi connectivity index (χ1n) is 4.95. The van der Waals surface area contributed by atoms with E-state index in [9.17, 15) is 0 Å². The van der Waals surface area contributed by atoms with Crippen LogP contribution in [-0.2, 0) is 18.1 Å². The normalized spacial score (nSPS) is 15.1. The molecule has 0 atom stereocenters. The quantitative estimate of drug-likeness (QED) is 0.786. The third-order valence-electron chi connectivity index (χ3n) is 2.42. The third kappa shape index (κ3) is 1.87. The lowest BCUT2D eigenvalue weighted by Crippen LogP contribution is -1.96. The Kier molecular flexibility index (Phi) is 2.91. The van der Waals surface area contributed by atoms with E-state index in [1.807, 2.05) is 11.8 Å². The number of fused-ring (bicyclic) bond motifs is 1. The summed E-state index contributed by atoms with van der Waals surface area (Å²) in [6, 6.07) is 2.16. The molecule has 0 saturated carbocycles. The van der Waals surface area contributed by atoms with E-state index in [1.165, 1.54) is 16.2 Å². The molecule has 6 heteroatoms. The van der Waals surface area contributed by atoms with Crippen molar-refractivity contribution in [2.75, 3.05) is 5.75 Å². The summed E-state index contributed by atoms with van der Waals surface area (Å²) >= 11 is 9.37. The van der Waals surface area contributed by atoms with Crippen molar-refractivity contribution in [3.63, 3.8) is 0 Å². The number of rotatable bonds is 2. The Bertz CT molecular complexity index is 485. The molecule has 2 aromatic heterocycles. The van der Waals surface area contributed by atoms with Gasteiger partial charge in [0.15, 0.2) is 0 Å². The van der Waals surface area contributed by atoms with Crippen LogP contribution in [0.2, 0.25) is 0 Å². The van der Waals surface area contributed by atoms with Crippen LogP contribution in [0.5, 0.6) is 0 Å². The van der Waals surface area contributed by atoms with Gasteiger partial charge < -0.3 is 4.42 Å². The molecular weight excluding hydrogens is 264 g/mol. The fraction of sp³-hybridized carbons (Fsp3) is 0.400. The van der Waals surface area contributed by atoms with Crippen molar-refractivity contribution in [2.45, 2.75) is 18.1 Å². The number of thiophene rings is 1. The van der Waals surface area contributed by atoms with Crippen LogP contribution < -0.4 is 0 Å². The third-order valence-corrected chi connectivity index (χ3v) is 4.88. The number of nitrogens with zero attached hydrogens (tertiary/aromatic N) is 2. The average molecular weight is 273 g/mol. The highest BCUT2D eigenvalue weighted by molar-refractivity contribution is 7.98. The van der Waals surface area contributed by atoms with Crippen LogP contribution in [0.4, 0.5) is 0 Å². The van der Waals surface area contributed by atoms with Crippen molar-refractivity contribution < 1.29 is 4.42 Å². The molecule has 3 rings (SSSR count). The molecule has 0 aromatic carbocycles. The molecule has 1 aliphatic heterocycles. The Labute approximate surface area is 106 Å². The fourth-order valence-electron chi connectivity index (χ4n) is 1.66. The number of alkyl halides is 1. The van der Waals surface area contributed by atoms with Crippen LogP contribution in [0.3, 0.4) is 0 Å². The fourth-order valence-corrected chi connectivity index (χ4v) is 4.06. The van der Waals surface area contributed by atoms with E-state index >= 15 is 0 Å². The van der Waals surface area contributed by atoms with Crippen molar-refractivity contribution in [3.8, 4) is 10.8 Å². The number of aromatic nitrogens is 2. The van der Waals surface area contributed by atoms with Gasteiger partial charge in [0.2, 0.25) is 5.89 Å². The first kappa shape index (κ1) is 10.6. The lowest BCUT2D eigenvalue weighted by Gasteiger charge is -2.08. The minimum atomic E-state index is 0.272. The van der Waals surface area contributed by atoms with Gasteiger partial charge in [0.05, 0.1) is 4.88 Å². The van der Waals surface area contributed by atoms with Crippen molar-refractivity contribution >= 4 is 34.7 Å². The molecule has 1 aliphatic rings. The van der Waals surface area contributed by atoms with E-state index in [0.29, 0.717) is 11.8 Å². The lowest BCUT2D eigenvalue weighted by molar-refractivity contribution is 0.528. The van der Waals surface area contributed by atoms with Crippen LogP contribution in [0.15, 0.2) is 10.5 Å². The second-order valence-corrected chi connectivity index (χ2v) is 6.01. The van der Waals surface area contributed by atoms with Crippen molar-refractivity contribution in [1.82, 2.24) is 10.2 Å². The highest BCUT2D eigenvalue weighted by atomic mass is 35.5. The summed E-state index contributed by atoms with van der Waals surface area (Å²) in [5.41, 5.74) is 1.42. The Morgan fingerprint density at radius 3 is 3.12 bits per heavy atom. The molecule has 3 heterocycles. The van der Waals surface area contributed by atoms with Crippen LogP contribution in [0, 0.1) is 0 Å². The van der Waals surface area contributed by atoms with Crippen LogP contribution >= 0.6 is 34.7 Å². The maximum absolute atomic E-state index is 5.63. The molecule has 2 aromatic rings. The minimum absolute atomic E-state index is 0.272. The Hall–Kier alpha value is -0.520. The van der Waals surface area contributed by atoms with Gasteiger partial charge in [0, 0.05) is 10.6 Å². The number of halogens is 1. The zero-order valence-corrected chi connectivity index (χ0v) is 10.8. The average Bonchev–Trinajstić information content (AvgIpc) is 2.95. The summed E-state index contributed by atoms with van der Waals surface area (Å²) in [4.78, 5) is 2.52. The van der Waals surface area contributed by atoms with Crippen LogP contribution in [0.25, 0.3) is 10.8 Å². The van der Waals surface area contributed by atoms with Gasteiger partial charge in [-0.2, -0.15) is 11.8 Å². The molecule has 0 N–H and O–H groups in total. The molecule has 0 amide bonds. The summed E-state index contributed by atoms with van der Waals surface area (Å²) in [5, 5.41) is 7.87. The number of hydrogen-bond acceptors (Lipinski definition) is 5. The van der Waals surface area contributed by atoms with Gasteiger partial charge in [-0.05, 0) is 23.8 Å². The molecule has 0 unspecified atom stereocenters. The first-order valence-corrected chi connectivity index (χ1v) is 7.45. The van der Waals surface area contributed by atoms with E-state index in [-0.39, 0.29) is 5.88 Å².